The summed E-state index contributed by atoms with van der Waals surface area (Å²) in [6, 6.07) is 0.228. The van der Waals surface area contributed by atoms with Gasteiger partial charge in [-0.25, -0.2) is 9.78 Å². The van der Waals surface area contributed by atoms with Crippen LogP contribution in [-0.4, -0.2) is 75.5 Å². The van der Waals surface area contributed by atoms with E-state index in [1.165, 1.54) is 0 Å². The molecule has 4 heterocycles. The van der Waals surface area contributed by atoms with Gasteiger partial charge in [0.05, 0.1) is 24.2 Å². The molecule has 0 N–H and O–H groups in total. The lowest BCUT2D eigenvalue weighted by Crippen LogP contribution is -2.50. The van der Waals surface area contributed by atoms with E-state index < -0.39 is 0 Å². The van der Waals surface area contributed by atoms with Crippen molar-refractivity contribution in [1.82, 2.24) is 24.6 Å². The topological polar surface area (TPSA) is 89.8 Å². The third kappa shape index (κ3) is 3.81. The van der Waals surface area contributed by atoms with Crippen LogP contribution in [0, 0.1) is 12.8 Å². The van der Waals surface area contributed by atoms with E-state index in [9.17, 15) is 9.59 Å². The molecular weight excluding hydrogens is 398 g/mol. The molecule has 2 aliphatic rings. The van der Waals surface area contributed by atoms with Crippen LogP contribution in [0.25, 0.3) is 11.0 Å². The monoisotopic (exact) mass is 429 g/mol. The van der Waals surface area contributed by atoms with Gasteiger partial charge < -0.3 is 14.4 Å². The molecule has 0 bridgehead atoms. The molecule has 0 unspecified atom stereocenters. The maximum atomic E-state index is 13.3. The van der Waals surface area contributed by atoms with Crippen molar-refractivity contribution in [2.75, 3.05) is 26.8 Å². The highest BCUT2D eigenvalue weighted by Gasteiger charge is 2.40. The standard InChI is InChI=1S/C22H31N5O4/c1-13(2)10-16-12-31-22(29)27(16)15-6-8-26(9-7-15)21(28)17-11-23-20-18(19(17)30-5)14(3)24-25(20)4/h11,13,15-16H,6-10,12H2,1-5H3/t16-/m1/s1. The summed E-state index contributed by atoms with van der Waals surface area (Å²) in [5.74, 6) is 0.910. The van der Waals surface area contributed by atoms with Crippen molar-refractivity contribution in [3.63, 3.8) is 0 Å². The van der Waals surface area contributed by atoms with Crippen LogP contribution >= 0.6 is 0 Å². The second-order valence-electron chi connectivity index (χ2n) is 8.90. The van der Waals surface area contributed by atoms with Gasteiger partial charge in [-0.05, 0) is 32.1 Å². The van der Waals surface area contributed by atoms with Crippen LogP contribution in [0.3, 0.4) is 0 Å². The zero-order chi connectivity index (χ0) is 22.3. The van der Waals surface area contributed by atoms with Gasteiger partial charge in [-0.1, -0.05) is 13.8 Å². The Morgan fingerprint density at radius 1 is 1.32 bits per heavy atom. The molecule has 4 rings (SSSR count). The zero-order valence-electron chi connectivity index (χ0n) is 18.9. The number of pyridine rings is 1. The Hall–Kier alpha value is -2.84. The molecule has 2 amide bonds. The van der Waals surface area contributed by atoms with Gasteiger partial charge in [0, 0.05) is 32.4 Å². The molecule has 0 aromatic carbocycles. The van der Waals surface area contributed by atoms with Gasteiger partial charge in [-0.2, -0.15) is 5.10 Å². The number of cyclic esters (lactones) is 1. The summed E-state index contributed by atoms with van der Waals surface area (Å²) in [6.45, 7) is 7.82. The number of piperidine rings is 1. The van der Waals surface area contributed by atoms with Crippen molar-refractivity contribution >= 4 is 23.0 Å². The predicted molar refractivity (Wildman–Crippen MR) is 115 cm³/mol. The summed E-state index contributed by atoms with van der Waals surface area (Å²) in [4.78, 5) is 33.8. The van der Waals surface area contributed by atoms with Gasteiger partial charge in [-0.15, -0.1) is 0 Å². The second kappa shape index (κ2) is 8.36. The number of aryl methyl sites for hydroxylation is 2. The van der Waals surface area contributed by atoms with Gasteiger partial charge in [0.15, 0.2) is 5.65 Å². The Labute approximate surface area is 182 Å². The predicted octanol–water partition coefficient (Wildman–Crippen LogP) is 2.76. The highest BCUT2D eigenvalue weighted by atomic mass is 16.6. The lowest BCUT2D eigenvalue weighted by molar-refractivity contribution is 0.0627. The van der Waals surface area contributed by atoms with Gasteiger partial charge >= 0.3 is 6.09 Å². The van der Waals surface area contributed by atoms with E-state index >= 15 is 0 Å². The molecule has 168 valence electrons. The summed E-state index contributed by atoms with van der Waals surface area (Å²) < 4.78 is 12.6. The number of rotatable bonds is 5. The molecule has 2 aliphatic heterocycles. The van der Waals surface area contributed by atoms with Gasteiger partial charge in [0.25, 0.3) is 5.91 Å². The lowest BCUT2D eigenvalue weighted by Gasteiger charge is -2.38. The first-order valence-electron chi connectivity index (χ1n) is 10.9. The number of likely N-dealkylation sites (tertiary alicyclic amines) is 1. The zero-order valence-corrected chi connectivity index (χ0v) is 18.9. The quantitative estimate of drug-likeness (QED) is 0.726. The molecule has 2 saturated heterocycles. The minimum Gasteiger partial charge on any atom is -0.495 e. The minimum atomic E-state index is -0.223. The number of nitrogens with zero attached hydrogens (tertiary/aromatic N) is 5. The fourth-order valence-corrected chi connectivity index (χ4v) is 4.91. The van der Waals surface area contributed by atoms with Crippen LogP contribution < -0.4 is 4.74 Å². The van der Waals surface area contributed by atoms with Crippen molar-refractivity contribution in [1.29, 1.82) is 0 Å². The third-order valence-electron chi connectivity index (χ3n) is 6.31. The fraction of sp³-hybridized carbons (Fsp3) is 0.636. The summed E-state index contributed by atoms with van der Waals surface area (Å²) in [5, 5.41) is 5.17. The molecule has 31 heavy (non-hydrogen) atoms. The lowest BCUT2D eigenvalue weighted by atomic mass is 9.97. The normalized spacial score (nSPS) is 20.1. The van der Waals surface area contributed by atoms with E-state index in [0.29, 0.717) is 42.6 Å². The van der Waals surface area contributed by atoms with Crippen molar-refractivity contribution in [3.05, 3.63) is 17.5 Å². The third-order valence-corrected chi connectivity index (χ3v) is 6.31. The average molecular weight is 430 g/mol. The SMILES string of the molecule is COc1c(C(=O)N2CCC(N3C(=O)OC[C@H]3CC(C)C)CC2)cnc2c1c(C)nn2C. The molecule has 0 spiro atoms. The molecule has 2 aromatic heterocycles. The molecule has 0 saturated carbocycles. The fourth-order valence-electron chi connectivity index (χ4n) is 4.91. The number of ether oxygens (including phenoxy) is 2. The molecule has 0 aliphatic carbocycles. The minimum absolute atomic E-state index is 0.101. The van der Waals surface area contributed by atoms with E-state index in [-0.39, 0.29) is 24.1 Å². The van der Waals surface area contributed by atoms with Crippen molar-refractivity contribution in [2.45, 2.75) is 52.1 Å². The highest BCUT2D eigenvalue weighted by Crippen LogP contribution is 2.33. The Kier molecular flexibility index (Phi) is 5.77. The number of amides is 2. The number of carbonyl (C=O) groups is 2. The Morgan fingerprint density at radius 2 is 2.03 bits per heavy atom. The van der Waals surface area contributed by atoms with E-state index in [2.05, 4.69) is 23.9 Å². The first-order valence-corrected chi connectivity index (χ1v) is 10.9. The molecule has 9 nitrogen and oxygen atoms in total. The van der Waals surface area contributed by atoms with Crippen molar-refractivity contribution < 1.29 is 19.1 Å². The highest BCUT2D eigenvalue weighted by molar-refractivity contribution is 6.02. The van der Waals surface area contributed by atoms with Crippen LogP contribution in [0.1, 0.15) is 49.2 Å². The number of carbonyl (C=O) groups excluding carboxylic acids is 2. The Morgan fingerprint density at radius 3 is 2.68 bits per heavy atom. The van der Waals surface area contributed by atoms with Crippen LogP contribution in [0.5, 0.6) is 5.75 Å². The van der Waals surface area contributed by atoms with Gasteiger partial charge in [0.1, 0.15) is 17.9 Å². The van der Waals surface area contributed by atoms with E-state index in [1.807, 2.05) is 23.8 Å². The summed E-state index contributed by atoms with van der Waals surface area (Å²) in [7, 11) is 3.39. The largest absolute Gasteiger partial charge is 0.495 e. The number of hydrogen-bond acceptors (Lipinski definition) is 6. The first-order chi connectivity index (χ1) is 14.8. The number of fused-ring (bicyclic) bond motifs is 1. The summed E-state index contributed by atoms with van der Waals surface area (Å²) in [6.07, 6.45) is 3.75. The van der Waals surface area contributed by atoms with Crippen LogP contribution in [-0.2, 0) is 11.8 Å². The smallest absolute Gasteiger partial charge is 0.410 e. The Balaban J connectivity index is 1.50. The molecular formula is C22H31N5O4. The van der Waals surface area contributed by atoms with Crippen LogP contribution in [0.4, 0.5) is 4.79 Å². The van der Waals surface area contributed by atoms with Crippen LogP contribution in [0.15, 0.2) is 6.20 Å². The molecule has 0 radical (unpaired) electrons. The average Bonchev–Trinajstić information content (AvgIpc) is 3.25. The first kappa shape index (κ1) is 21.4. The van der Waals surface area contributed by atoms with Crippen LogP contribution in [0.2, 0.25) is 0 Å². The van der Waals surface area contributed by atoms with Gasteiger partial charge in [-0.3, -0.25) is 14.4 Å². The maximum Gasteiger partial charge on any atom is 0.410 e. The Bertz CT molecular complexity index is 993. The number of aromatic nitrogens is 3. The maximum absolute atomic E-state index is 13.3. The second-order valence-corrected chi connectivity index (χ2v) is 8.90. The van der Waals surface area contributed by atoms with Crippen molar-refractivity contribution in [3.8, 4) is 5.75 Å². The number of methoxy groups -OCH3 is 1. The van der Waals surface area contributed by atoms with Crippen molar-refractivity contribution in [2.24, 2.45) is 13.0 Å². The molecule has 2 fully saturated rings. The molecule has 9 heteroatoms. The van der Waals surface area contributed by atoms with E-state index in [0.717, 1.165) is 30.3 Å². The van der Waals surface area contributed by atoms with E-state index in [1.54, 1.807) is 18.0 Å². The number of hydrogen-bond donors (Lipinski definition) is 0. The molecule has 1 atom stereocenters. The van der Waals surface area contributed by atoms with E-state index in [4.69, 9.17) is 9.47 Å². The molecule has 2 aromatic rings. The summed E-state index contributed by atoms with van der Waals surface area (Å²) >= 11 is 0. The van der Waals surface area contributed by atoms with Gasteiger partial charge in [0.2, 0.25) is 0 Å². The summed E-state index contributed by atoms with van der Waals surface area (Å²) in [5.41, 5.74) is 1.91.